The summed E-state index contributed by atoms with van der Waals surface area (Å²) in [5, 5.41) is 10.9. The summed E-state index contributed by atoms with van der Waals surface area (Å²) in [6.45, 7) is 1.95. The van der Waals surface area contributed by atoms with Crippen LogP contribution in [0.15, 0.2) is 27.4 Å². The zero-order valence-corrected chi connectivity index (χ0v) is 8.02. The lowest BCUT2D eigenvalue weighted by atomic mass is 10.3. The van der Waals surface area contributed by atoms with E-state index in [2.05, 4.69) is 15.5 Å². The Kier molecular flexibility index (Phi) is 2.32. The quantitative estimate of drug-likeness (QED) is 0.802. The maximum absolute atomic E-state index is 5.44. The predicted octanol–water partition coefficient (Wildman–Crippen LogP) is 1.61. The number of nitrogens with zero attached hydrogens (tertiary/aromatic N) is 2. The van der Waals surface area contributed by atoms with Gasteiger partial charge in [0, 0.05) is 0 Å². The molecule has 2 aromatic heterocycles. The second-order valence-corrected chi connectivity index (χ2v) is 2.97. The molecule has 0 spiro atoms. The van der Waals surface area contributed by atoms with E-state index in [1.54, 1.807) is 18.6 Å². The van der Waals surface area contributed by atoms with E-state index in [1.165, 1.54) is 0 Å². The van der Waals surface area contributed by atoms with E-state index in [9.17, 15) is 0 Å². The number of aromatic nitrogens is 2. The van der Waals surface area contributed by atoms with Gasteiger partial charge in [-0.25, -0.2) is 0 Å². The van der Waals surface area contributed by atoms with Crippen molar-refractivity contribution in [1.82, 2.24) is 15.5 Å². The van der Waals surface area contributed by atoms with Gasteiger partial charge in [0.25, 0.3) is 5.89 Å². The molecule has 2 heterocycles. The molecule has 2 aromatic rings. The molecule has 0 amide bonds. The van der Waals surface area contributed by atoms with E-state index in [0.29, 0.717) is 11.8 Å². The minimum Gasteiger partial charge on any atom is -0.472 e. The van der Waals surface area contributed by atoms with Crippen LogP contribution >= 0.6 is 0 Å². The lowest BCUT2D eigenvalue weighted by Crippen LogP contribution is -2.12. The molecular weight excluding hydrogens is 182 g/mol. The van der Waals surface area contributed by atoms with Crippen molar-refractivity contribution in [3.63, 3.8) is 0 Å². The van der Waals surface area contributed by atoms with Crippen molar-refractivity contribution >= 4 is 0 Å². The summed E-state index contributed by atoms with van der Waals surface area (Å²) < 4.78 is 10.4. The first-order valence-corrected chi connectivity index (χ1v) is 4.34. The van der Waals surface area contributed by atoms with Crippen molar-refractivity contribution in [1.29, 1.82) is 0 Å². The normalized spacial score (nSPS) is 13.0. The molecule has 0 aromatic carbocycles. The third-order valence-corrected chi connectivity index (χ3v) is 2.01. The molecule has 14 heavy (non-hydrogen) atoms. The van der Waals surface area contributed by atoms with E-state index in [-0.39, 0.29) is 6.04 Å². The molecule has 0 aliphatic rings. The number of hydrogen-bond acceptors (Lipinski definition) is 5. The van der Waals surface area contributed by atoms with Crippen LogP contribution in [0.3, 0.4) is 0 Å². The highest BCUT2D eigenvalue weighted by Gasteiger charge is 2.13. The van der Waals surface area contributed by atoms with Crippen LogP contribution in [0.5, 0.6) is 0 Å². The molecule has 2 rings (SSSR count). The van der Waals surface area contributed by atoms with Crippen molar-refractivity contribution < 1.29 is 8.83 Å². The molecule has 0 aliphatic carbocycles. The average Bonchev–Trinajstić information content (AvgIpc) is 2.86. The molecule has 1 unspecified atom stereocenters. The van der Waals surface area contributed by atoms with Crippen LogP contribution in [-0.2, 0) is 0 Å². The van der Waals surface area contributed by atoms with Gasteiger partial charge in [-0.3, -0.25) is 0 Å². The van der Waals surface area contributed by atoms with Crippen molar-refractivity contribution in [2.75, 3.05) is 7.05 Å². The molecule has 0 fully saturated rings. The molecule has 0 aliphatic heterocycles. The van der Waals surface area contributed by atoms with Crippen LogP contribution in [0.25, 0.3) is 11.5 Å². The van der Waals surface area contributed by atoms with Crippen LogP contribution in [0.2, 0.25) is 0 Å². The summed E-state index contributed by atoms with van der Waals surface area (Å²) in [4.78, 5) is 0. The fraction of sp³-hybridized carbons (Fsp3) is 0.333. The van der Waals surface area contributed by atoms with Gasteiger partial charge in [0.05, 0.1) is 17.9 Å². The molecule has 0 bridgehead atoms. The van der Waals surface area contributed by atoms with Crippen molar-refractivity contribution in [2.45, 2.75) is 13.0 Å². The van der Waals surface area contributed by atoms with Gasteiger partial charge in [-0.2, -0.15) is 0 Å². The first-order valence-electron chi connectivity index (χ1n) is 4.34. The van der Waals surface area contributed by atoms with Gasteiger partial charge in [-0.05, 0) is 20.0 Å². The minimum atomic E-state index is 0.0585. The van der Waals surface area contributed by atoms with Gasteiger partial charge in [0.2, 0.25) is 5.89 Å². The maximum atomic E-state index is 5.44. The molecule has 0 radical (unpaired) electrons. The zero-order chi connectivity index (χ0) is 9.97. The van der Waals surface area contributed by atoms with Crippen LogP contribution in [-0.4, -0.2) is 17.2 Å². The average molecular weight is 193 g/mol. The van der Waals surface area contributed by atoms with Crippen molar-refractivity contribution in [3.05, 3.63) is 24.5 Å². The van der Waals surface area contributed by atoms with E-state index >= 15 is 0 Å². The number of furan rings is 1. The van der Waals surface area contributed by atoms with E-state index in [4.69, 9.17) is 8.83 Å². The number of nitrogens with one attached hydrogen (secondary N) is 1. The highest BCUT2D eigenvalue weighted by Crippen LogP contribution is 2.20. The Morgan fingerprint density at radius 3 is 2.93 bits per heavy atom. The van der Waals surface area contributed by atoms with E-state index in [1.807, 2.05) is 14.0 Å². The Morgan fingerprint density at radius 1 is 1.43 bits per heavy atom. The zero-order valence-electron chi connectivity index (χ0n) is 8.02. The smallest absolute Gasteiger partial charge is 0.251 e. The van der Waals surface area contributed by atoms with Gasteiger partial charge < -0.3 is 14.2 Å². The standard InChI is InChI=1S/C9H11N3O2/c1-6(10-2)8-11-12-9(14-8)7-3-4-13-5-7/h3-6,10H,1-2H3. The summed E-state index contributed by atoms with van der Waals surface area (Å²) in [6, 6.07) is 1.84. The van der Waals surface area contributed by atoms with Crippen LogP contribution in [0, 0.1) is 0 Å². The summed E-state index contributed by atoms with van der Waals surface area (Å²) >= 11 is 0. The highest BCUT2D eigenvalue weighted by atomic mass is 16.4. The van der Waals surface area contributed by atoms with Gasteiger partial charge in [-0.1, -0.05) is 0 Å². The van der Waals surface area contributed by atoms with Gasteiger partial charge in [0.15, 0.2) is 0 Å². The Balaban J connectivity index is 2.26. The molecule has 0 saturated carbocycles. The van der Waals surface area contributed by atoms with Crippen LogP contribution in [0.4, 0.5) is 0 Å². The van der Waals surface area contributed by atoms with E-state index < -0.39 is 0 Å². The van der Waals surface area contributed by atoms with Gasteiger partial charge >= 0.3 is 0 Å². The van der Waals surface area contributed by atoms with Crippen molar-refractivity contribution in [3.8, 4) is 11.5 Å². The fourth-order valence-corrected chi connectivity index (χ4v) is 1.04. The fourth-order valence-electron chi connectivity index (χ4n) is 1.04. The Labute approximate surface area is 81.1 Å². The maximum Gasteiger partial charge on any atom is 0.251 e. The monoisotopic (exact) mass is 193 g/mol. The second kappa shape index (κ2) is 3.63. The summed E-state index contributed by atoms with van der Waals surface area (Å²) in [5.74, 6) is 1.06. The SMILES string of the molecule is CNC(C)c1nnc(-c2ccoc2)o1. The van der Waals surface area contributed by atoms with Gasteiger partial charge in [-0.15, -0.1) is 10.2 Å². The van der Waals surface area contributed by atoms with Gasteiger partial charge in [0.1, 0.15) is 6.26 Å². The molecule has 1 atom stereocenters. The second-order valence-electron chi connectivity index (χ2n) is 2.97. The minimum absolute atomic E-state index is 0.0585. The molecule has 1 N–H and O–H groups in total. The summed E-state index contributed by atoms with van der Waals surface area (Å²) in [6.07, 6.45) is 3.14. The molecule has 74 valence electrons. The third kappa shape index (κ3) is 1.54. The first kappa shape index (κ1) is 8.96. The largest absolute Gasteiger partial charge is 0.472 e. The topological polar surface area (TPSA) is 64.1 Å². The molecule has 5 nitrogen and oxygen atoms in total. The summed E-state index contributed by atoms with van der Waals surface area (Å²) in [5.41, 5.74) is 0.798. The third-order valence-electron chi connectivity index (χ3n) is 2.01. The Bertz CT molecular complexity index is 394. The first-order chi connectivity index (χ1) is 6.81. The molecular formula is C9H11N3O2. The predicted molar refractivity (Wildman–Crippen MR) is 49.5 cm³/mol. The van der Waals surface area contributed by atoms with Crippen LogP contribution in [0.1, 0.15) is 18.9 Å². The lowest BCUT2D eigenvalue weighted by molar-refractivity contribution is 0.441. The molecule has 0 saturated heterocycles. The highest BCUT2D eigenvalue weighted by molar-refractivity contribution is 5.49. The molecule has 5 heteroatoms. The van der Waals surface area contributed by atoms with E-state index in [0.717, 1.165) is 5.56 Å². The van der Waals surface area contributed by atoms with Crippen molar-refractivity contribution in [2.24, 2.45) is 0 Å². The Morgan fingerprint density at radius 2 is 2.29 bits per heavy atom. The Hall–Kier alpha value is -1.62. The summed E-state index contributed by atoms with van der Waals surface area (Å²) in [7, 11) is 1.84. The lowest BCUT2D eigenvalue weighted by Gasteiger charge is -2.01. The number of hydrogen-bond donors (Lipinski definition) is 1. The van der Waals surface area contributed by atoms with Crippen LogP contribution < -0.4 is 5.32 Å². The number of rotatable bonds is 3.